The molecule has 9 heteroatoms. The molecule has 0 atom stereocenters. The van der Waals surface area contributed by atoms with Crippen LogP contribution in [0.1, 0.15) is 57.0 Å². The van der Waals surface area contributed by atoms with Crippen molar-refractivity contribution in [2.24, 2.45) is 0 Å². The third kappa shape index (κ3) is 4.12. The van der Waals surface area contributed by atoms with Crippen LogP contribution in [0.15, 0.2) is 42.5 Å². The van der Waals surface area contributed by atoms with Gasteiger partial charge in [-0.3, -0.25) is 24.6 Å². The first-order valence-corrected chi connectivity index (χ1v) is 11.4. The van der Waals surface area contributed by atoms with E-state index in [-0.39, 0.29) is 18.5 Å². The van der Waals surface area contributed by atoms with Gasteiger partial charge in [-0.05, 0) is 67.2 Å². The quantitative estimate of drug-likeness (QED) is 0.699. The first-order chi connectivity index (χ1) is 15.9. The Morgan fingerprint density at radius 1 is 0.879 bits per heavy atom. The van der Waals surface area contributed by atoms with Crippen molar-refractivity contribution in [2.75, 3.05) is 19.6 Å². The Bertz CT molecular complexity index is 1140. The minimum Gasteiger partial charge on any atom is -0.299 e. The van der Waals surface area contributed by atoms with Gasteiger partial charge in [0.05, 0.1) is 17.7 Å². The van der Waals surface area contributed by atoms with Crippen LogP contribution in [0.2, 0.25) is 5.02 Å². The molecule has 3 aliphatic heterocycles. The fraction of sp³-hybridized carbons (Fsp3) is 0.333. The number of likely N-dealkylation sites (tertiary alicyclic amines) is 1. The number of hydrogen-bond acceptors (Lipinski definition) is 5. The van der Waals surface area contributed by atoms with Crippen molar-refractivity contribution in [3.8, 4) is 0 Å². The summed E-state index contributed by atoms with van der Waals surface area (Å²) in [5.41, 5.74) is 2.82. The Kier molecular flexibility index (Phi) is 5.64. The molecule has 2 aromatic rings. The van der Waals surface area contributed by atoms with Gasteiger partial charge >= 0.3 is 6.03 Å². The summed E-state index contributed by atoms with van der Waals surface area (Å²) in [5.74, 6) is -0.999. The molecule has 1 N–H and O–H groups in total. The number of benzene rings is 2. The van der Waals surface area contributed by atoms with E-state index in [2.05, 4.69) is 22.3 Å². The summed E-state index contributed by atoms with van der Waals surface area (Å²) in [4.78, 5) is 51.7. The van der Waals surface area contributed by atoms with Crippen molar-refractivity contribution in [1.29, 1.82) is 0 Å². The van der Waals surface area contributed by atoms with Crippen molar-refractivity contribution in [3.05, 3.63) is 69.7 Å². The Morgan fingerprint density at radius 3 is 2.27 bits per heavy atom. The summed E-state index contributed by atoms with van der Waals surface area (Å²) in [6, 6.07) is 12.5. The van der Waals surface area contributed by atoms with E-state index in [1.54, 1.807) is 12.1 Å². The molecule has 3 aliphatic rings. The average molecular weight is 467 g/mol. The van der Waals surface area contributed by atoms with Crippen LogP contribution < -0.4 is 5.32 Å². The van der Waals surface area contributed by atoms with Crippen LogP contribution in [0.4, 0.5) is 4.79 Å². The monoisotopic (exact) mass is 466 g/mol. The number of amides is 5. The number of carbonyl (C=O) groups excluding carboxylic acids is 4. The fourth-order valence-electron chi connectivity index (χ4n) is 4.76. The molecule has 5 rings (SSSR count). The van der Waals surface area contributed by atoms with Gasteiger partial charge in [-0.25, -0.2) is 9.80 Å². The highest BCUT2D eigenvalue weighted by atomic mass is 35.5. The summed E-state index contributed by atoms with van der Waals surface area (Å²) in [6.45, 7) is 2.54. The molecule has 0 spiro atoms. The number of nitrogens with zero attached hydrogens (tertiary/aromatic N) is 3. The maximum absolute atomic E-state index is 13.0. The third-order valence-electron chi connectivity index (χ3n) is 6.54. The zero-order valence-corrected chi connectivity index (χ0v) is 18.7. The minimum absolute atomic E-state index is 0.00838. The zero-order valence-electron chi connectivity index (χ0n) is 17.9. The number of imide groups is 2. The highest BCUT2D eigenvalue weighted by Gasteiger charge is 2.43. The molecule has 5 amide bonds. The second kappa shape index (κ2) is 8.61. The summed E-state index contributed by atoms with van der Waals surface area (Å²) in [6.07, 6.45) is 2.12. The van der Waals surface area contributed by atoms with Gasteiger partial charge < -0.3 is 0 Å². The Balaban J connectivity index is 1.25. The number of halogens is 1. The van der Waals surface area contributed by atoms with E-state index in [1.807, 2.05) is 18.2 Å². The fourth-order valence-corrected chi connectivity index (χ4v) is 4.88. The first kappa shape index (κ1) is 21.6. The lowest BCUT2D eigenvalue weighted by Gasteiger charge is -2.32. The van der Waals surface area contributed by atoms with Crippen LogP contribution in [0.3, 0.4) is 0 Å². The van der Waals surface area contributed by atoms with Gasteiger partial charge in [0.1, 0.15) is 0 Å². The van der Waals surface area contributed by atoms with E-state index in [1.165, 1.54) is 5.56 Å². The lowest BCUT2D eigenvalue weighted by Crippen LogP contribution is -2.58. The lowest BCUT2D eigenvalue weighted by molar-refractivity contribution is -0.122. The minimum atomic E-state index is -0.760. The maximum atomic E-state index is 13.0. The maximum Gasteiger partial charge on any atom is 0.343 e. The predicted octanol–water partition coefficient (Wildman–Crippen LogP) is 3.17. The second-order valence-electron chi connectivity index (χ2n) is 8.63. The third-order valence-corrected chi connectivity index (χ3v) is 6.79. The molecule has 170 valence electrons. The van der Waals surface area contributed by atoms with Gasteiger partial charge in [0, 0.05) is 18.0 Å². The van der Waals surface area contributed by atoms with Crippen LogP contribution in [-0.2, 0) is 11.3 Å². The molecule has 0 radical (unpaired) electrons. The average Bonchev–Trinajstić information content (AvgIpc) is 3.05. The van der Waals surface area contributed by atoms with E-state index in [9.17, 15) is 19.2 Å². The molecule has 0 unspecified atom stereocenters. The molecule has 0 saturated carbocycles. The van der Waals surface area contributed by atoms with Crippen molar-refractivity contribution >= 4 is 35.4 Å². The van der Waals surface area contributed by atoms with Gasteiger partial charge in [0.25, 0.3) is 11.8 Å². The number of urea groups is 1. The summed E-state index contributed by atoms with van der Waals surface area (Å²) in [7, 11) is 0. The molecule has 0 bridgehead atoms. The topological polar surface area (TPSA) is 90.0 Å². The van der Waals surface area contributed by atoms with Gasteiger partial charge in [-0.1, -0.05) is 29.8 Å². The number of piperidine rings is 1. The molecular weight excluding hydrogens is 444 g/mol. The van der Waals surface area contributed by atoms with Crippen LogP contribution in [0.5, 0.6) is 0 Å². The molecule has 2 fully saturated rings. The van der Waals surface area contributed by atoms with Crippen molar-refractivity contribution in [1.82, 2.24) is 20.2 Å². The largest absolute Gasteiger partial charge is 0.343 e. The molecule has 2 saturated heterocycles. The van der Waals surface area contributed by atoms with Crippen LogP contribution in [0, 0.1) is 0 Å². The molecule has 33 heavy (non-hydrogen) atoms. The molecule has 3 heterocycles. The van der Waals surface area contributed by atoms with E-state index in [0.29, 0.717) is 18.0 Å². The van der Waals surface area contributed by atoms with Gasteiger partial charge in [0.2, 0.25) is 5.91 Å². The van der Waals surface area contributed by atoms with E-state index < -0.39 is 23.8 Å². The predicted molar refractivity (Wildman–Crippen MR) is 121 cm³/mol. The molecule has 0 aromatic heterocycles. The number of hydrazine groups is 1. The Labute approximate surface area is 196 Å². The number of carbonyl (C=O) groups is 4. The molecule has 8 nitrogen and oxygen atoms in total. The van der Waals surface area contributed by atoms with Crippen LogP contribution >= 0.6 is 11.6 Å². The van der Waals surface area contributed by atoms with Crippen molar-refractivity contribution < 1.29 is 19.2 Å². The number of nitrogens with one attached hydrogen (secondary N) is 1. The highest BCUT2D eigenvalue weighted by Crippen LogP contribution is 2.31. The SMILES string of the molecule is O=C1CCN(N2C(=O)c3ccc(CN4CCC(c5ccc(Cl)cc5)CC4)cc3C2=O)C(=O)N1. The van der Waals surface area contributed by atoms with Gasteiger partial charge in [-0.15, -0.1) is 0 Å². The Morgan fingerprint density at radius 2 is 1.58 bits per heavy atom. The summed E-state index contributed by atoms with van der Waals surface area (Å²) in [5, 5.41) is 4.74. The second-order valence-corrected chi connectivity index (χ2v) is 9.07. The van der Waals surface area contributed by atoms with E-state index >= 15 is 0 Å². The number of hydrogen-bond donors (Lipinski definition) is 1. The standard InChI is InChI=1S/C24H23ClN4O4/c25-18-4-2-16(3-5-18)17-7-10-27(11-8-17)14-15-1-6-19-20(13-15)23(32)29(22(19)31)28-12-9-21(30)26-24(28)33/h1-6,13,17H,7-12,14H2,(H,26,30,33). The van der Waals surface area contributed by atoms with Crippen molar-refractivity contribution in [3.63, 3.8) is 0 Å². The zero-order chi connectivity index (χ0) is 23.1. The smallest absolute Gasteiger partial charge is 0.299 e. The normalized spacial score (nSPS) is 19.8. The highest BCUT2D eigenvalue weighted by molar-refractivity contribution is 6.30. The van der Waals surface area contributed by atoms with Crippen molar-refractivity contribution in [2.45, 2.75) is 31.7 Å². The molecule has 0 aliphatic carbocycles. The van der Waals surface area contributed by atoms with Gasteiger partial charge in [-0.2, -0.15) is 5.01 Å². The lowest BCUT2D eigenvalue weighted by atomic mass is 9.89. The van der Waals surface area contributed by atoms with Gasteiger partial charge in [0.15, 0.2) is 0 Å². The van der Waals surface area contributed by atoms with Crippen LogP contribution in [-0.4, -0.2) is 58.3 Å². The summed E-state index contributed by atoms with van der Waals surface area (Å²) >= 11 is 6.00. The molecule has 2 aromatic carbocycles. The summed E-state index contributed by atoms with van der Waals surface area (Å²) < 4.78 is 0. The number of fused-ring (bicyclic) bond motifs is 1. The van der Waals surface area contributed by atoms with E-state index in [4.69, 9.17) is 11.6 Å². The molecular formula is C24H23ClN4O4. The number of rotatable bonds is 4. The first-order valence-electron chi connectivity index (χ1n) is 11.0. The van der Waals surface area contributed by atoms with Crippen LogP contribution in [0.25, 0.3) is 0 Å². The van der Waals surface area contributed by atoms with E-state index in [0.717, 1.165) is 46.5 Å². The Hall–Kier alpha value is -3.23.